The van der Waals surface area contributed by atoms with Gasteiger partial charge in [-0.15, -0.1) is 11.6 Å². The minimum Gasteiger partial charge on any atom is -0.365 e. The van der Waals surface area contributed by atoms with Gasteiger partial charge in [-0.2, -0.15) is 4.68 Å². The minimum atomic E-state index is -0.862. The van der Waals surface area contributed by atoms with Crippen molar-refractivity contribution in [1.29, 1.82) is 0 Å². The van der Waals surface area contributed by atoms with E-state index in [0.717, 1.165) is 0 Å². The summed E-state index contributed by atoms with van der Waals surface area (Å²) in [7, 11) is 0. The van der Waals surface area contributed by atoms with Crippen LogP contribution in [-0.2, 0) is 6.54 Å². The van der Waals surface area contributed by atoms with Crippen LogP contribution in [0.4, 0.5) is 5.82 Å². The van der Waals surface area contributed by atoms with Crippen molar-refractivity contribution in [3.05, 3.63) is 21.9 Å². The van der Waals surface area contributed by atoms with Crippen molar-refractivity contribution in [2.24, 2.45) is 5.73 Å². The molecule has 0 unspecified atom stereocenters. The first kappa shape index (κ1) is 11.4. The SMILES string of the molecule is NC(=O)c1cn(CCCCl)nc1[N+](=O)[O-]. The van der Waals surface area contributed by atoms with E-state index in [4.69, 9.17) is 17.3 Å². The lowest BCUT2D eigenvalue weighted by Crippen LogP contribution is -2.11. The first-order valence-electron chi connectivity index (χ1n) is 4.14. The van der Waals surface area contributed by atoms with Crippen LogP contribution in [0.1, 0.15) is 16.8 Å². The normalized spacial score (nSPS) is 10.2. The van der Waals surface area contributed by atoms with E-state index in [-0.39, 0.29) is 5.56 Å². The predicted octanol–water partition coefficient (Wildman–Crippen LogP) is 0.519. The lowest BCUT2D eigenvalue weighted by molar-refractivity contribution is -0.390. The van der Waals surface area contributed by atoms with Crippen LogP contribution in [0.2, 0.25) is 0 Å². The number of alkyl halides is 1. The maximum atomic E-state index is 10.9. The molecule has 2 N–H and O–H groups in total. The molecule has 1 heterocycles. The van der Waals surface area contributed by atoms with Crippen molar-refractivity contribution in [3.63, 3.8) is 0 Å². The van der Waals surface area contributed by atoms with E-state index in [1.807, 2.05) is 0 Å². The van der Waals surface area contributed by atoms with Gasteiger partial charge >= 0.3 is 5.82 Å². The van der Waals surface area contributed by atoms with Gasteiger partial charge in [0.15, 0.2) is 5.56 Å². The number of hydrogen-bond donors (Lipinski definition) is 1. The first-order chi connectivity index (χ1) is 7.06. The molecule has 15 heavy (non-hydrogen) atoms. The van der Waals surface area contributed by atoms with Crippen LogP contribution < -0.4 is 5.73 Å². The summed E-state index contributed by atoms with van der Waals surface area (Å²) in [5, 5.41) is 14.1. The van der Waals surface area contributed by atoms with Crippen LogP contribution in [0.25, 0.3) is 0 Å². The van der Waals surface area contributed by atoms with Crippen molar-refractivity contribution in [2.45, 2.75) is 13.0 Å². The second-order valence-corrected chi connectivity index (χ2v) is 3.17. The molecule has 0 aliphatic rings. The highest BCUT2D eigenvalue weighted by molar-refractivity contribution is 6.17. The summed E-state index contributed by atoms with van der Waals surface area (Å²) in [6, 6.07) is 0. The van der Waals surface area contributed by atoms with Crippen LogP contribution in [-0.4, -0.2) is 26.5 Å². The summed E-state index contributed by atoms with van der Waals surface area (Å²) in [5.74, 6) is -0.963. The van der Waals surface area contributed by atoms with Crippen molar-refractivity contribution in [3.8, 4) is 0 Å². The molecule has 0 spiro atoms. The molecule has 0 atom stereocenters. The number of amides is 1. The molecule has 1 aromatic rings. The Morgan fingerprint density at radius 2 is 2.40 bits per heavy atom. The van der Waals surface area contributed by atoms with E-state index in [9.17, 15) is 14.9 Å². The van der Waals surface area contributed by atoms with Gasteiger partial charge in [-0.1, -0.05) is 0 Å². The summed E-state index contributed by atoms with van der Waals surface area (Å²) in [6.07, 6.45) is 1.87. The Morgan fingerprint density at radius 1 is 1.73 bits per heavy atom. The van der Waals surface area contributed by atoms with E-state index in [1.165, 1.54) is 10.9 Å². The number of nitrogens with zero attached hydrogens (tertiary/aromatic N) is 3. The van der Waals surface area contributed by atoms with Crippen LogP contribution in [0, 0.1) is 10.1 Å². The first-order valence-corrected chi connectivity index (χ1v) is 4.67. The Kier molecular flexibility index (Phi) is 3.62. The fourth-order valence-corrected chi connectivity index (χ4v) is 1.18. The van der Waals surface area contributed by atoms with Gasteiger partial charge in [-0.25, -0.2) is 0 Å². The van der Waals surface area contributed by atoms with Crippen LogP contribution in [0.15, 0.2) is 6.20 Å². The second-order valence-electron chi connectivity index (χ2n) is 2.79. The molecule has 0 radical (unpaired) electrons. The molecule has 1 amide bonds. The molecule has 8 heteroatoms. The number of carbonyl (C=O) groups is 1. The molecule has 0 aliphatic heterocycles. The Balaban J connectivity index is 2.98. The van der Waals surface area contributed by atoms with E-state index in [2.05, 4.69) is 5.10 Å². The molecule has 1 rings (SSSR count). The number of halogens is 1. The van der Waals surface area contributed by atoms with Crippen molar-refractivity contribution in [2.75, 3.05) is 5.88 Å². The number of nitrogens with two attached hydrogens (primary N) is 1. The van der Waals surface area contributed by atoms with Crippen molar-refractivity contribution >= 4 is 23.3 Å². The summed E-state index contributed by atoms with van der Waals surface area (Å²) in [6.45, 7) is 0.414. The zero-order valence-electron chi connectivity index (χ0n) is 7.72. The number of aromatic nitrogens is 2. The van der Waals surface area contributed by atoms with Gasteiger partial charge < -0.3 is 15.8 Å². The molecule has 0 saturated heterocycles. The summed E-state index contributed by atoms with van der Waals surface area (Å²) in [5.41, 5.74) is 4.79. The third-order valence-electron chi connectivity index (χ3n) is 1.70. The fourth-order valence-electron chi connectivity index (χ4n) is 1.06. The molecule has 82 valence electrons. The number of aryl methyl sites for hydroxylation is 1. The maximum Gasteiger partial charge on any atom is 0.402 e. The van der Waals surface area contributed by atoms with Crippen LogP contribution in [0.5, 0.6) is 0 Å². The molecule has 0 aliphatic carbocycles. The highest BCUT2D eigenvalue weighted by Gasteiger charge is 2.24. The van der Waals surface area contributed by atoms with Gasteiger partial charge in [-0.05, 0) is 11.3 Å². The molecule has 0 saturated carbocycles. The number of rotatable bonds is 5. The van der Waals surface area contributed by atoms with Gasteiger partial charge in [-0.3, -0.25) is 4.79 Å². The Hall–Kier alpha value is -1.63. The molecular weight excluding hydrogens is 224 g/mol. The van der Waals surface area contributed by atoms with Crippen molar-refractivity contribution < 1.29 is 9.72 Å². The lowest BCUT2D eigenvalue weighted by Gasteiger charge is -1.90. The zero-order chi connectivity index (χ0) is 11.4. The lowest BCUT2D eigenvalue weighted by atomic mass is 10.3. The monoisotopic (exact) mass is 232 g/mol. The topological polar surface area (TPSA) is 104 Å². The van der Waals surface area contributed by atoms with Gasteiger partial charge in [0.05, 0.1) is 17.8 Å². The fraction of sp³-hybridized carbons (Fsp3) is 0.429. The summed E-state index contributed by atoms with van der Waals surface area (Å²) >= 11 is 5.46. The molecular formula is C7H9ClN4O3. The third kappa shape index (κ3) is 2.66. The largest absolute Gasteiger partial charge is 0.402 e. The number of carbonyl (C=O) groups excluding carboxylic acids is 1. The Labute approximate surface area is 90.0 Å². The molecule has 0 aromatic carbocycles. The molecule has 0 bridgehead atoms. The molecule has 1 aromatic heterocycles. The standard InChI is InChI=1S/C7H9ClN4O3/c8-2-1-3-11-4-5(6(9)13)7(10-11)12(14)15/h4H,1-3H2,(H2,9,13). The maximum absolute atomic E-state index is 10.9. The predicted molar refractivity (Wildman–Crippen MR) is 52.7 cm³/mol. The van der Waals surface area contributed by atoms with Gasteiger partial charge in [0.25, 0.3) is 5.91 Å². The van der Waals surface area contributed by atoms with E-state index in [0.29, 0.717) is 18.8 Å². The van der Waals surface area contributed by atoms with E-state index in [1.54, 1.807) is 0 Å². The highest BCUT2D eigenvalue weighted by Crippen LogP contribution is 2.15. The summed E-state index contributed by atoms with van der Waals surface area (Å²) < 4.78 is 1.29. The van der Waals surface area contributed by atoms with Gasteiger partial charge in [0, 0.05) is 5.88 Å². The number of primary amides is 1. The minimum absolute atomic E-state index is 0.186. The third-order valence-corrected chi connectivity index (χ3v) is 1.97. The summed E-state index contributed by atoms with van der Waals surface area (Å²) in [4.78, 5) is 20.6. The van der Waals surface area contributed by atoms with Gasteiger partial charge in [0.1, 0.15) is 0 Å². The number of nitro groups is 1. The Bertz CT molecular complexity index is 358. The smallest absolute Gasteiger partial charge is 0.365 e. The zero-order valence-corrected chi connectivity index (χ0v) is 8.48. The highest BCUT2D eigenvalue weighted by atomic mass is 35.5. The average molecular weight is 233 g/mol. The van der Waals surface area contributed by atoms with E-state index < -0.39 is 16.6 Å². The van der Waals surface area contributed by atoms with Crippen LogP contribution in [0.3, 0.4) is 0 Å². The van der Waals surface area contributed by atoms with E-state index >= 15 is 0 Å². The molecule has 7 nitrogen and oxygen atoms in total. The second kappa shape index (κ2) is 4.74. The van der Waals surface area contributed by atoms with Crippen molar-refractivity contribution in [1.82, 2.24) is 9.78 Å². The number of hydrogen-bond acceptors (Lipinski definition) is 4. The molecule has 0 fully saturated rings. The Morgan fingerprint density at radius 3 is 2.80 bits per heavy atom. The van der Waals surface area contributed by atoms with Crippen LogP contribution >= 0.6 is 11.6 Å². The van der Waals surface area contributed by atoms with Gasteiger partial charge in [0.2, 0.25) is 0 Å². The average Bonchev–Trinajstić information content (AvgIpc) is 2.58. The quantitative estimate of drug-likeness (QED) is 0.454.